The Hall–Kier alpha value is -2.27. The van der Waals surface area contributed by atoms with E-state index in [1.807, 2.05) is 17.0 Å². The van der Waals surface area contributed by atoms with Crippen molar-refractivity contribution in [2.75, 3.05) is 19.6 Å². The van der Waals surface area contributed by atoms with Gasteiger partial charge in [-0.1, -0.05) is 24.3 Å². The number of piperidine rings is 3. The minimum absolute atomic E-state index is 0.106. The number of rotatable bonds is 2. The fraction of sp³-hybridized carbons (Fsp3) is 0.409. The molecule has 0 spiro atoms. The average molecular weight is 368 g/mol. The quantitative estimate of drug-likeness (QED) is 0.808. The summed E-state index contributed by atoms with van der Waals surface area (Å²) in [4.78, 5) is 17.6. The number of likely N-dealkylation sites (tertiary alicyclic amines) is 1. The van der Waals surface area contributed by atoms with Gasteiger partial charge in [0, 0.05) is 18.5 Å². The van der Waals surface area contributed by atoms with Crippen molar-refractivity contribution in [1.82, 2.24) is 9.80 Å². The second-order valence-electron chi connectivity index (χ2n) is 7.95. The molecular weight excluding hydrogens is 346 g/mol. The van der Waals surface area contributed by atoms with Gasteiger partial charge in [-0.2, -0.15) is 0 Å². The van der Waals surface area contributed by atoms with Crippen molar-refractivity contribution < 1.29 is 13.6 Å². The second-order valence-corrected chi connectivity index (χ2v) is 7.95. The predicted octanol–water partition coefficient (Wildman–Crippen LogP) is 3.67. The van der Waals surface area contributed by atoms with Crippen molar-refractivity contribution in [3.8, 4) is 0 Å². The van der Waals surface area contributed by atoms with E-state index in [2.05, 4.69) is 4.90 Å². The number of halogens is 2. The minimum Gasteiger partial charge on any atom is -0.333 e. The molecule has 0 saturated carbocycles. The SMILES string of the molecule is O=C(c1ccccc1F)N1C[C@@H](c2ccc(F)cc2)[C@@H]2[C@H]1C1CCN2CC1. The van der Waals surface area contributed by atoms with E-state index in [0.717, 1.165) is 31.5 Å². The number of carbonyl (C=O) groups excluding carboxylic acids is 1. The number of benzene rings is 2. The molecule has 2 aromatic rings. The Morgan fingerprint density at radius 2 is 1.63 bits per heavy atom. The summed E-state index contributed by atoms with van der Waals surface area (Å²) in [6, 6.07) is 13.2. The van der Waals surface area contributed by atoms with Gasteiger partial charge in [0.05, 0.1) is 11.6 Å². The van der Waals surface area contributed by atoms with Crippen LogP contribution in [0.3, 0.4) is 0 Å². The zero-order chi connectivity index (χ0) is 18.5. The Morgan fingerprint density at radius 3 is 2.33 bits per heavy atom. The fourth-order valence-electron chi connectivity index (χ4n) is 5.45. The summed E-state index contributed by atoms with van der Waals surface area (Å²) in [5.41, 5.74) is 1.20. The first-order chi connectivity index (χ1) is 13.1. The van der Waals surface area contributed by atoms with Crippen molar-refractivity contribution in [2.24, 2.45) is 5.92 Å². The molecule has 4 aliphatic heterocycles. The molecule has 6 rings (SSSR count). The van der Waals surface area contributed by atoms with Crippen LogP contribution in [0.4, 0.5) is 8.78 Å². The maximum absolute atomic E-state index is 14.3. The molecule has 27 heavy (non-hydrogen) atoms. The van der Waals surface area contributed by atoms with Crippen LogP contribution in [0.2, 0.25) is 0 Å². The van der Waals surface area contributed by atoms with E-state index in [4.69, 9.17) is 0 Å². The summed E-state index contributed by atoms with van der Waals surface area (Å²) in [7, 11) is 0. The lowest BCUT2D eigenvalue weighted by Gasteiger charge is -2.51. The third-order valence-corrected chi connectivity index (χ3v) is 6.66. The number of amides is 1. The lowest BCUT2D eigenvalue weighted by atomic mass is 9.75. The van der Waals surface area contributed by atoms with Crippen LogP contribution >= 0.6 is 0 Å². The summed E-state index contributed by atoms with van der Waals surface area (Å²) in [5.74, 6) is -0.347. The zero-order valence-corrected chi connectivity index (χ0v) is 15.0. The van der Waals surface area contributed by atoms with Crippen LogP contribution in [0.15, 0.2) is 48.5 Å². The standard InChI is InChI=1S/C22H22F2N2O/c23-16-7-5-14(6-8-16)18-13-26(22(27)17-3-1-2-4-19(17)24)20-15-9-11-25(12-10-15)21(18)20/h1-8,15,18,20-21H,9-13H2/t18-,20+,21+/m0/s1. The van der Waals surface area contributed by atoms with Gasteiger partial charge in [0.1, 0.15) is 11.6 Å². The molecule has 0 aromatic heterocycles. The molecule has 4 aliphatic rings. The maximum Gasteiger partial charge on any atom is 0.257 e. The zero-order valence-electron chi connectivity index (χ0n) is 15.0. The molecule has 0 aliphatic carbocycles. The van der Waals surface area contributed by atoms with Gasteiger partial charge < -0.3 is 4.90 Å². The Kier molecular flexibility index (Phi) is 4.01. The van der Waals surface area contributed by atoms with Crippen molar-refractivity contribution >= 4 is 5.91 Å². The summed E-state index contributed by atoms with van der Waals surface area (Å²) >= 11 is 0. The van der Waals surface area contributed by atoms with Crippen LogP contribution in [-0.2, 0) is 0 Å². The molecule has 0 unspecified atom stereocenters. The maximum atomic E-state index is 14.3. The topological polar surface area (TPSA) is 23.6 Å². The Labute approximate surface area is 157 Å². The van der Waals surface area contributed by atoms with Gasteiger partial charge in [0.15, 0.2) is 0 Å². The first kappa shape index (κ1) is 16.9. The van der Waals surface area contributed by atoms with Gasteiger partial charge in [-0.05, 0) is 61.7 Å². The van der Waals surface area contributed by atoms with Gasteiger partial charge in [-0.25, -0.2) is 8.78 Å². The van der Waals surface area contributed by atoms with Gasteiger partial charge in [-0.15, -0.1) is 0 Å². The third kappa shape index (κ3) is 2.67. The van der Waals surface area contributed by atoms with Gasteiger partial charge >= 0.3 is 0 Å². The molecule has 5 heteroatoms. The van der Waals surface area contributed by atoms with E-state index in [9.17, 15) is 13.6 Å². The van der Waals surface area contributed by atoms with Gasteiger partial charge in [-0.3, -0.25) is 9.69 Å². The predicted molar refractivity (Wildman–Crippen MR) is 98.5 cm³/mol. The van der Waals surface area contributed by atoms with Gasteiger partial charge in [0.2, 0.25) is 0 Å². The number of nitrogens with zero attached hydrogens (tertiary/aromatic N) is 2. The van der Waals surface area contributed by atoms with E-state index in [1.54, 1.807) is 18.2 Å². The number of hydrogen-bond acceptors (Lipinski definition) is 2. The Bertz CT molecular complexity index is 861. The van der Waals surface area contributed by atoms with Crippen LogP contribution in [-0.4, -0.2) is 47.4 Å². The van der Waals surface area contributed by atoms with Crippen LogP contribution in [0.25, 0.3) is 0 Å². The van der Waals surface area contributed by atoms with E-state index >= 15 is 0 Å². The monoisotopic (exact) mass is 368 g/mol. The summed E-state index contributed by atoms with van der Waals surface area (Å²) < 4.78 is 27.7. The number of fused-ring (bicyclic) bond motifs is 2. The summed E-state index contributed by atoms with van der Waals surface area (Å²) in [6.07, 6.45) is 2.16. The van der Waals surface area contributed by atoms with Crippen molar-refractivity contribution in [3.63, 3.8) is 0 Å². The molecule has 4 saturated heterocycles. The fourth-order valence-corrected chi connectivity index (χ4v) is 5.45. The summed E-state index contributed by atoms with van der Waals surface area (Å²) in [5, 5.41) is 0. The normalized spacial score (nSPS) is 31.8. The van der Waals surface area contributed by atoms with E-state index in [1.165, 1.54) is 18.2 Å². The molecule has 2 bridgehead atoms. The number of carbonyl (C=O) groups is 1. The Morgan fingerprint density at radius 1 is 0.926 bits per heavy atom. The highest BCUT2D eigenvalue weighted by molar-refractivity contribution is 5.95. The molecule has 140 valence electrons. The molecule has 3 atom stereocenters. The molecule has 2 aromatic carbocycles. The Balaban J connectivity index is 1.53. The van der Waals surface area contributed by atoms with Crippen molar-refractivity contribution in [3.05, 3.63) is 71.3 Å². The first-order valence-electron chi connectivity index (χ1n) is 9.68. The highest BCUT2D eigenvalue weighted by Crippen LogP contribution is 2.47. The molecule has 3 nitrogen and oxygen atoms in total. The second kappa shape index (κ2) is 6.41. The molecule has 1 amide bonds. The molecule has 4 fully saturated rings. The van der Waals surface area contributed by atoms with Crippen molar-refractivity contribution in [2.45, 2.75) is 30.8 Å². The molecule has 4 heterocycles. The van der Waals surface area contributed by atoms with Crippen LogP contribution in [0, 0.1) is 17.6 Å². The first-order valence-corrected chi connectivity index (χ1v) is 9.68. The average Bonchev–Trinajstić information content (AvgIpc) is 3.12. The smallest absolute Gasteiger partial charge is 0.257 e. The number of hydrogen-bond donors (Lipinski definition) is 0. The molecule has 0 radical (unpaired) electrons. The largest absolute Gasteiger partial charge is 0.333 e. The summed E-state index contributed by atoms with van der Waals surface area (Å²) in [6.45, 7) is 2.65. The van der Waals surface area contributed by atoms with Crippen LogP contribution in [0.5, 0.6) is 0 Å². The highest BCUT2D eigenvalue weighted by Gasteiger charge is 2.54. The van der Waals surface area contributed by atoms with E-state index < -0.39 is 5.82 Å². The molecule has 0 N–H and O–H groups in total. The lowest BCUT2D eigenvalue weighted by Crippen LogP contribution is -2.60. The minimum atomic E-state index is -0.467. The third-order valence-electron chi connectivity index (χ3n) is 6.66. The van der Waals surface area contributed by atoms with Gasteiger partial charge in [0.25, 0.3) is 5.91 Å². The van der Waals surface area contributed by atoms with Crippen LogP contribution < -0.4 is 0 Å². The molecular formula is C22H22F2N2O. The van der Waals surface area contributed by atoms with Crippen LogP contribution in [0.1, 0.15) is 34.7 Å². The van der Waals surface area contributed by atoms with E-state index in [0.29, 0.717) is 12.5 Å². The van der Waals surface area contributed by atoms with Crippen molar-refractivity contribution in [1.29, 1.82) is 0 Å². The highest BCUT2D eigenvalue weighted by atomic mass is 19.1. The lowest BCUT2D eigenvalue weighted by molar-refractivity contribution is -0.00353. The van der Waals surface area contributed by atoms with E-state index in [-0.39, 0.29) is 35.3 Å².